The van der Waals surface area contributed by atoms with Crippen LogP contribution in [-0.2, 0) is 17.9 Å². The molecule has 0 unspecified atom stereocenters. The lowest BCUT2D eigenvalue weighted by molar-refractivity contribution is -0.384. The van der Waals surface area contributed by atoms with Gasteiger partial charge in [-0.15, -0.1) is 0 Å². The second-order valence-electron chi connectivity index (χ2n) is 5.47. The Morgan fingerprint density at radius 3 is 2.88 bits per heavy atom. The van der Waals surface area contributed by atoms with Gasteiger partial charge in [-0.2, -0.15) is 0 Å². The van der Waals surface area contributed by atoms with Gasteiger partial charge >= 0.3 is 0 Å². The van der Waals surface area contributed by atoms with Gasteiger partial charge in [-0.25, -0.2) is 4.98 Å². The van der Waals surface area contributed by atoms with Crippen LogP contribution in [0.15, 0.2) is 52.1 Å². The van der Waals surface area contributed by atoms with Crippen LogP contribution in [0.5, 0.6) is 0 Å². The van der Waals surface area contributed by atoms with Crippen molar-refractivity contribution in [3.8, 4) is 0 Å². The van der Waals surface area contributed by atoms with Crippen molar-refractivity contribution in [1.29, 1.82) is 0 Å². The van der Waals surface area contributed by atoms with Gasteiger partial charge in [0.05, 0.1) is 35.0 Å². The van der Waals surface area contributed by atoms with Crippen LogP contribution in [0.3, 0.4) is 0 Å². The van der Waals surface area contributed by atoms with Gasteiger partial charge in [0, 0.05) is 19.2 Å². The number of hydrogen-bond acceptors (Lipinski definition) is 6. The highest BCUT2D eigenvalue weighted by Gasteiger charge is 2.15. The van der Waals surface area contributed by atoms with Gasteiger partial charge < -0.3 is 9.32 Å². The van der Waals surface area contributed by atoms with Crippen molar-refractivity contribution in [2.75, 3.05) is 7.05 Å². The number of nitro benzene ring substituents is 1. The highest BCUT2D eigenvalue weighted by atomic mass is 16.6. The summed E-state index contributed by atoms with van der Waals surface area (Å²) in [6, 6.07) is 7.31. The number of rotatable bonds is 5. The molecule has 1 amide bonds. The number of fused-ring (bicyclic) bond motifs is 1. The standard InChI is InChI=1S/C16H14N4O5/c1-18(8-12-3-2-6-25-12)15(21)9-19-10-17-14-5-4-11(20(23)24)7-13(14)16(19)22/h2-7,10H,8-9H2,1H3. The molecule has 0 atom stereocenters. The molecule has 3 aromatic rings. The molecule has 2 aromatic heterocycles. The van der Waals surface area contributed by atoms with Gasteiger partial charge in [-0.05, 0) is 18.2 Å². The first kappa shape index (κ1) is 16.4. The van der Waals surface area contributed by atoms with Gasteiger partial charge in [-0.1, -0.05) is 0 Å². The third-order valence-electron chi connectivity index (χ3n) is 3.72. The largest absolute Gasteiger partial charge is 0.467 e. The van der Waals surface area contributed by atoms with Gasteiger partial charge in [0.1, 0.15) is 12.3 Å². The van der Waals surface area contributed by atoms with Crippen LogP contribution in [0, 0.1) is 10.1 Å². The predicted octanol–water partition coefficient (Wildman–Crippen LogP) is 1.56. The lowest BCUT2D eigenvalue weighted by Crippen LogP contribution is -2.33. The zero-order valence-electron chi connectivity index (χ0n) is 13.3. The summed E-state index contributed by atoms with van der Waals surface area (Å²) in [5, 5.41) is 11.0. The van der Waals surface area contributed by atoms with E-state index in [0.717, 1.165) is 10.6 Å². The van der Waals surface area contributed by atoms with Gasteiger partial charge in [0.2, 0.25) is 5.91 Å². The molecule has 0 saturated heterocycles. The molecule has 0 aliphatic carbocycles. The molecule has 3 rings (SSSR count). The second-order valence-corrected chi connectivity index (χ2v) is 5.47. The van der Waals surface area contributed by atoms with Crippen molar-refractivity contribution in [1.82, 2.24) is 14.5 Å². The zero-order chi connectivity index (χ0) is 18.0. The fraction of sp³-hybridized carbons (Fsp3) is 0.188. The lowest BCUT2D eigenvalue weighted by atomic mass is 10.2. The van der Waals surface area contributed by atoms with Crippen molar-refractivity contribution >= 4 is 22.5 Å². The minimum atomic E-state index is -0.585. The Morgan fingerprint density at radius 1 is 1.40 bits per heavy atom. The Morgan fingerprint density at radius 2 is 2.20 bits per heavy atom. The highest BCUT2D eigenvalue weighted by molar-refractivity contribution is 5.80. The average Bonchev–Trinajstić information content (AvgIpc) is 3.10. The van der Waals surface area contributed by atoms with E-state index < -0.39 is 10.5 Å². The van der Waals surface area contributed by atoms with E-state index in [2.05, 4.69) is 4.98 Å². The van der Waals surface area contributed by atoms with E-state index in [1.807, 2.05) is 0 Å². The zero-order valence-corrected chi connectivity index (χ0v) is 13.3. The van der Waals surface area contributed by atoms with Crippen LogP contribution in [0.1, 0.15) is 5.76 Å². The van der Waals surface area contributed by atoms with Crippen molar-refractivity contribution in [2.24, 2.45) is 0 Å². The molecule has 1 aromatic carbocycles. The lowest BCUT2D eigenvalue weighted by Gasteiger charge is -2.16. The molecular weight excluding hydrogens is 328 g/mol. The Balaban J connectivity index is 1.85. The van der Waals surface area contributed by atoms with Gasteiger partial charge in [0.25, 0.3) is 11.2 Å². The number of carbonyl (C=O) groups excluding carboxylic acids is 1. The van der Waals surface area contributed by atoms with Crippen LogP contribution in [0.25, 0.3) is 10.9 Å². The molecule has 2 heterocycles. The van der Waals surface area contributed by atoms with Crippen LogP contribution in [-0.4, -0.2) is 32.3 Å². The van der Waals surface area contributed by atoms with E-state index in [1.54, 1.807) is 19.2 Å². The first-order chi connectivity index (χ1) is 12.0. The van der Waals surface area contributed by atoms with Crippen molar-refractivity contribution in [2.45, 2.75) is 13.1 Å². The summed E-state index contributed by atoms with van der Waals surface area (Å²) in [7, 11) is 1.59. The number of nitrogens with zero attached hydrogens (tertiary/aromatic N) is 4. The highest BCUT2D eigenvalue weighted by Crippen LogP contribution is 2.16. The minimum absolute atomic E-state index is 0.0955. The predicted molar refractivity (Wildman–Crippen MR) is 87.8 cm³/mol. The second kappa shape index (κ2) is 6.56. The van der Waals surface area contributed by atoms with Crippen molar-refractivity contribution in [3.63, 3.8) is 0 Å². The van der Waals surface area contributed by atoms with E-state index in [1.165, 1.54) is 29.6 Å². The van der Waals surface area contributed by atoms with Crippen LogP contribution in [0.2, 0.25) is 0 Å². The number of aromatic nitrogens is 2. The summed E-state index contributed by atoms with van der Waals surface area (Å²) in [5.74, 6) is 0.306. The molecule has 25 heavy (non-hydrogen) atoms. The normalized spacial score (nSPS) is 10.8. The Bertz CT molecular complexity index is 993. The monoisotopic (exact) mass is 342 g/mol. The first-order valence-corrected chi connectivity index (χ1v) is 7.35. The molecule has 0 saturated carbocycles. The number of non-ortho nitro benzene ring substituents is 1. The van der Waals surface area contributed by atoms with Crippen molar-refractivity contribution < 1.29 is 14.1 Å². The maximum absolute atomic E-state index is 12.5. The van der Waals surface area contributed by atoms with E-state index >= 15 is 0 Å². The number of nitro groups is 1. The van der Waals surface area contributed by atoms with Gasteiger partial charge in [-0.3, -0.25) is 24.3 Å². The summed E-state index contributed by atoms with van der Waals surface area (Å²) >= 11 is 0. The molecule has 0 N–H and O–H groups in total. The third kappa shape index (κ3) is 3.39. The molecule has 9 heteroatoms. The van der Waals surface area contributed by atoms with Crippen LogP contribution in [0.4, 0.5) is 5.69 Å². The summed E-state index contributed by atoms with van der Waals surface area (Å²) < 4.78 is 6.31. The molecule has 0 aliphatic rings. The van der Waals surface area contributed by atoms with Crippen LogP contribution < -0.4 is 5.56 Å². The van der Waals surface area contributed by atoms with E-state index in [0.29, 0.717) is 11.3 Å². The summed E-state index contributed by atoms with van der Waals surface area (Å²) in [6.45, 7) is 0.0503. The average molecular weight is 342 g/mol. The number of likely N-dealkylation sites (N-methyl/N-ethyl adjacent to an activating group) is 1. The smallest absolute Gasteiger partial charge is 0.270 e. The number of benzene rings is 1. The number of hydrogen-bond donors (Lipinski definition) is 0. The fourth-order valence-electron chi connectivity index (χ4n) is 2.36. The number of carbonyl (C=O) groups is 1. The molecule has 0 spiro atoms. The fourth-order valence-corrected chi connectivity index (χ4v) is 2.36. The first-order valence-electron chi connectivity index (χ1n) is 7.35. The molecule has 0 aliphatic heterocycles. The molecule has 0 bridgehead atoms. The summed E-state index contributed by atoms with van der Waals surface area (Å²) in [6.07, 6.45) is 2.77. The number of amides is 1. The third-order valence-corrected chi connectivity index (χ3v) is 3.72. The van der Waals surface area contributed by atoms with Gasteiger partial charge in [0.15, 0.2) is 0 Å². The molecule has 0 radical (unpaired) electrons. The molecular formula is C16H14N4O5. The van der Waals surface area contributed by atoms with E-state index in [4.69, 9.17) is 4.42 Å². The quantitative estimate of drug-likeness (QED) is 0.514. The molecule has 128 valence electrons. The topological polar surface area (TPSA) is 111 Å². The maximum atomic E-state index is 12.5. The summed E-state index contributed by atoms with van der Waals surface area (Å²) in [4.78, 5) is 40.6. The Kier molecular flexibility index (Phi) is 4.29. The summed E-state index contributed by atoms with van der Waals surface area (Å²) in [5.41, 5.74) is -0.373. The SMILES string of the molecule is CN(Cc1ccco1)C(=O)Cn1cnc2ccc([N+](=O)[O-])cc2c1=O. The number of furan rings is 1. The van der Waals surface area contributed by atoms with E-state index in [-0.39, 0.29) is 30.1 Å². The van der Waals surface area contributed by atoms with E-state index in [9.17, 15) is 19.7 Å². The van der Waals surface area contributed by atoms with Crippen LogP contribution >= 0.6 is 0 Å². The minimum Gasteiger partial charge on any atom is -0.467 e. The Labute approximate surface area is 141 Å². The van der Waals surface area contributed by atoms with Crippen molar-refractivity contribution in [3.05, 3.63) is 69.2 Å². The maximum Gasteiger partial charge on any atom is 0.270 e. The molecule has 9 nitrogen and oxygen atoms in total. The molecule has 0 fully saturated rings. The Hall–Kier alpha value is -3.49.